The van der Waals surface area contributed by atoms with E-state index in [2.05, 4.69) is 0 Å². The Morgan fingerprint density at radius 3 is 1.90 bits per heavy atom. The maximum atomic E-state index is 12.9. The van der Waals surface area contributed by atoms with Crippen molar-refractivity contribution in [1.82, 2.24) is 0 Å². The molecule has 0 atom stereocenters. The third-order valence-electron chi connectivity index (χ3n) is 2.59. The standard InChI is InChI=1S/C14H21F3O3Si/c1-10(2)19-21(18-5,20-11(3)4)13-8-6-7-12(9-13)14(15,16)17/h6-11H,1-5H3. The second-order valence-corrected chi connectivity index (χ2v) is 7.74. The maximum Gasteiger partial charge on any atom is 0.537 e. The van der Waals surface area contributed by atoms with Crippen molar-refractivity contribution in [1.29, 1.82) is 0 Å². The van der Waals surface area contributed by atoms with Gasteiger partial charge in [-0.1, -0.05) is 18.2 Å². The summed E-state index contributed by atoms with van der Waals surface area (Å²) in [5.41, 5.74) is -0.742. The zero-order valence-corrected chi connectivity index (χ0v) is 13.8. The summed E-state index contributed by atoms with van der Waals surface area (Å²) in [5, 5.41) is 0.308. The van der Waals surface area contributed by atoms with Gasteiger partial charge in [-0.15, -0.1) is 0 Å². The number of benzene rings is 1. The van der Waals surface area contributed by atoms with Gasteiger partial charge in [-0.2, -0.15) is 13.2 Å². The highest BCUT2D eigenvalue weighted by molar-refractivity contribution is 6.75. The lowest BCUT2D eigenvalue weighted by Crippen LogP contribution is -2.58. The molecule has 0 fully saturated rings. The molecule has 7 heteroatoms. The fourth-order valence-corrected chi connectivity index (χ4v) is 4.51. The van der Waals surface area contributed by atoms with Crippen LogP contribution in [0.1, 0.15) is 33.3 Å². The van der Waals surface area contributed by atoms with Crippen LogP contribution in [0.25, 0.3) is 0 Å². The summed E-state index contributed by atoms with van der Waals surface area (Å²) in [4.78, 5) is 0. The average molecular weight is 322 g/mol. The number of hydrogen-bond donors (Lipinski definition) is 0. The van der Waals surface area contributed by atoms with E-state index in [4.69, 9.17) is 13.3 Å². The number of rotatable bonds is 6. The van der Waals surface area contributed by atoms with Gasteiger partial charge in [0, 0.05) is 24.5 Å². The molecule has 0 saturated carbocycles. The average Bonchev–Trinajstić information content (AvgIpc) is 2.36. The maximum absolute atomic E-state index is 12.9. The van der Waals surface area contributed by atoms with E-state index < -0.39 is 20.5 Å². The highest BCUT2D eigenvalue weighted by Crippen LogP contribution is 2.29. The quantitative estimate of drug-likeness (QED) is 0.752. The normalized spacial score (nSPS) is 13.2. The summed E-state index contributed by atoms with van der Waals surface area (Å²) >= 11 is 0. The van der Waals surface area contributed by atoms with E-state index in [0.29, 0.717) is 5.19 Å². The minimum absolute atomic E-state index is 0.232. The molecule has 1 rings (SSSR count). The van der Waals surface area contributed by atoms with Crippen LogP contribution in [0.4, 0.5) is 13.2 Å². The Morgan fingerprint density at radius 1 is 1.00 bits per heavy atom. The van der Waals surface area contributed by atoms with Gasteiger partial charge in [0.05, 0.1) is 5.56 Å². The van der Waals surface area contributed by atoms with E-state index in [0.717, 1.165) is 12.1 Å². The van der Waals surface area contributed by atoms with Gasteiger partial charge in [0.1, 0.15) is 0 Å². The molecule has 0 bridgehead atoms. The molecule has 21 heavy (non-hydrogen) atoms. The summed E-state index contributed by atoms with van der Waals surface area (Å²) in [7, 11) is -1.98. The van der Waals surface area contributed by atoms with E-state index in [1.165, 1.54) is 13.2 Å². The Balaban J connectivity index is 3.31. The van der Waals surface area contributed by atoms with Crippen LogP contribution in [0.3, 0.4) is 0 Å². The van der Waals surface area contributed by atoms with Gasteiger partial charge in [-0.3, -0.25) is 0 Å². The molecule has 0 aliphatic carbocycles. The van der Waals surface area contributed by atoms with Crippen LogP contribution < -0.4 is 5.19 Å². The van der Waals surface area contributed by atoms with Crippen molar-refractivity contribution >= 4 is 14.0 Å². The molecule has 0 aliphatic rings. The lowest BCUT2D eigenvalue weighted by Gasteiger charge is -2.32. The van der Waals surface area contributed by atoms with Gasteiger partial charge in [-0.25, -0.2) is 0 Å². The summed E-state index contributed by atoms with van der Waals surface area (Å²) in [6.07, 6.45) is -4.88. The molecule has 0 aliphatic heterocycles. The van der Waals surface area contributed by atoms with E-state index in [-0.39, 0.29) is 12.2 Å². The first-order valence-electron chi connectivity index (χ1n) is 6.69. The topological polar surface area (TPSA) is 27.7 Å². The first-order chi connectivity index (χ1) is 9.60. The lowest BCUT2D eigenvalue weighted by molar-refractivity contribution is -0.137. The zero-order valence-electron chi connectivity index (χ0n) is 12.8. The molecule has 0 unspecified atom stereocenters. The summed E-state index contributed by atoms with van der Waals surface area (Å²) in [5.74, 6) is 0. The molecule has 0 aromatic heterocycles. The molecule has 0 amide bonds. The summed E-state index contributed by atoms with van der Waals surface area (Å²) in [6.45, 7) is 7.16. The van der Waals surface area contributed by atoms with Crippen LogP contribution in [0.5, 0.6) is 0 Å². The van der Waals surface area contributed by atoms with Gasteiger partial charge in [-0.05, 0) is 33.8 Å². The van der Waals surface area contributed by atoms with E-state index in [9.17, 15) is 13.2 Å². The minimum atomic E-state index is -4.42. The van der Waals surface area contributed by atoms with Gasteiger partial charge >= 0.3 is 15.0 Å². The molecule has 1 aromatic carbocycles. The molecule has 0 spiro atoms. The molecular weight excluding hydrogens is 301 g/mol. The monoisotopic (exact) mass is 322 g/mol. The summed E-state index contributed by atoms with van der Waals surface area (Å²) < 4.78 is 55.6. The smallest absolute Gasteiger partial charge is 0.373 e. The highest BCUT2D eigenvalue weighted by atomic mass is 28.4. The van der Waals surface area contributed by atoms with Crippen LogP contribution in [0.2, 0.25) is 0 Å². The fourth-order valence-electron chi connectivity index (χ4n) is 1.88. The Labute approximate surface area is 124 Å². The Bertz CT molecular complexity index is 451. The molecule has 120 valence electrons. The lowest BCUT2D eigenvalue weighted by atomic mass is 10.2. The van der Waals surface area contributed by atoms with Crippen molar-refractivity contribution in [3.8, 4) is 0 Å². The summed E-state index contributed by atoms with van der Waals surface area (Å²) in [6, 6.07) is 4.95. The van der Waals surface area contributed by atoms with E-state index >= 15 is 0 Å². The first kappa shape index (κ1) is 18.2. The van der Waals surface area contributed by atoms with Crippen molar-refractivity contribution in [3.63, 3.8) is 0 Å². The van der Waals surface area contributed by atoms with Crippen LogP contribution >= 0.6 is 0 Å². The molecule has 0 radical (unpaired) electrons. The Hall–Kier alpha value is -0.893. The number of alkyl halides is 3. The molecule has 0 N–H and O–H groups in total. The van der Waals surface area contributed by atoms with Crippen molar-refractivity contribution in [2.75, 3.05) is 7.11 Å². The number of halogens is 3. The van der Waals surface area contributed by atoms with Gasteiger partial charge in [0.2, 0.25) is 0 Å². The minimum Gasteiger partial charge on any atom is -0.373 e. The molecule has 0 saturated heterocycles. The predicted octanol–water partition coefficient (Wildman–Crippen LogP) is 3.35. The van der Waals surface area contributed by atoms with Crippen LogP contribution in [-0.2, 0) is 19.5 Å². The van der Waals surface area contributed by atoms with Crippen molar-refractivity contribution in [3.05, 3.63) is 29.8 Å². The third-order valence-corrected chi connectivity index (χ3v) is 5.71. The van der Waals surface area contributed by atoms with Gasteiger partial charge in [0.15, 0.2) is 0 Å². The van der Waals surface area contributed by atoms with E-state index in [1.54, 1.807) is 33.8 Å². The van der Waals surface area contributed by atoms with Crippen molar-refractivity contribution in [2.24, 2.45) is 0 Å². The zero-order chi connectivity index (χ0) is 16.3. The van der Waals surface area contributed by atoms with Crippen LogP contribution in [0, 0.1) is 0 Å². The fraction of sp³-hybridized carbons (Fsp3) is 0.571. The number of hydrogen-bond acceptors (Lipinski definition) is 3. The Morgan fingerprint density at radius 2 is 1.52 bits per heavy atom. The SMILES string of the molecule is CO[Si](OC(C)C)(OC(C)C)c1cccc(C(F)(F)F)c1. The van der Waals surface area contributed by atoms with Crippen molar-refractivity contribution in [2.45, 2.75) is 46.1 Å². The highest BCUT2D eigenvalue weighted by Gasteiger charge is 2.46. The second-order valence-electron chi connectivity index (χ2n) is 5.17. The second kappa shape index (κ2) is 6.91. The van der Waals surface area contributed by atoms with Gasteiger partial charge < -0.3 is 13.3 Å². The van der Waals surface area contributed by atoms with Crippen LogP contribution in [0.15, 0.2) is 24.3 Å². The third kappa shape index (κ3) is 4.81. The molecular formula is C14H21F3O3Si. The van der Waals surface area contributed by atoms with Gasteiger partial charge in [0.25, 0.3) is 0 Å². The predicted molar refractivity (Wildman–Crippen MR) is 76.3 cm³/mol. The first-order valence-corrected chi connectivity index (χ1v) is 8.41. The Kier molecular flexibility index (Phi) is 5.98. The van der Waals surface area contributed by atoms with Crippen molar-refractivity contribution < 1.29 is 26.4 Å². The van der Waals surface area contributed by atoms with Crippen LogP contribution in [-0.4, -0.2) is 28.1 Å². The molecule has 1 aromatic rings. The molecule has 0 heterocycles. The molecule has 3 nitrogen and oxygen atoms in total. The largest absolute Gasteiger partial charge is 0.537 e. The van der Waals surface area contributed by atoms with E-state index in [1.807, 2.05) is 0 Å².